The van der Waals surface area contributed by atoms with Crippen LogP contribution in [0.1, 0.15) is 26.6 Å². The van der Waals surface area contributed by atoms with Crippen molar-refractivity contribution in [2.45, 2.75) is 13.0 Å². The van der Waals surface area contributed by atoms with Crippen LogP contribution in [0.4, 0.5) is 5.69 Å². The van der Waals surface area contributed by atoms with Crippen molar-refractivity contribution in [3.8, 4) is 11.5 Å². The lowest BCUT2D eigenvalue weighted by Gasteiger charge is -2.12. The van der Waals surface area contributed by atoms with E-state index < -0.39 is 0 Å². The molecule has 6 nitrogen and oxygen atoms in total. The number of rotatable bonds is 8. The molecule has 0 aliphatic carbocycles. The molecule has 3 aromatic carbocycles. The van der Waals surface area contributed by atoms with Crippen molar-refractivity contribution in [1.82, 2.24) is 9.97 Å². The van der Waals surface area contributed by atoms with Crippen LogP contribution in [-0.2, 0) is 13.0 Å². The number of anilines is 1. The quantitative estimate of drug-likeness (QED) is 0.289. The standard InChI is InChI=1S/C28H23N3O3S/c1-33-24-14-11-20(17-25(24)34-18-22-6-4-5-15-29-22)28(32)30-21-12-9-19(10-13-21)16-27-31-23-7-2-3-8-26(23)35-27/h2-15,17H,16,18H2,1H3,(H,30,32). The monoisotopic (exact) mass is 481 g/mol. The zero-order chi connectivity index (χ0) is 24.0. The van der Waals surface area contributed by atoms with Gasteiger partial charge in [-0.25, -0.2) is 4.98 Å². The van der Waals surface area contributed by atoms with E-state index in [9.17, 15) is 4.79 Å². The highest BCUT2D eigenvalue weighted by atomic mass is 32.1. The maximum absolute atomic E-state index is 12.9. The second kappa shape index (κ2) is 10.4. The summed E-state index contributed by atoms with van der Waals surface area (Å²) in [7, 11) is 1.57. The molecule has 0 spiro atoms. The number of amides is 1. The Morgan fingerprint density at radius 1 is 0.943 bits per heavy atom. The van der Waals surface area contributed by atoms with Crippen LogP contribution >= 0.6 is 11.3 Å². The SMILES string of the molecule is COc1ccc(C(=O)Nc2ccc(Cc3nc4ccccc4s3)cc2)cc1OCc1ccccn1. The smallest absolute Gasteiger partial charge is 0.255 e. The van der Waals surface area contributed by atoms with Crippen LogP contribution in [0, 0.1) is 0 Å². The van der Waals surface area contributed by atoms with Crippen molar-refractivity contribution < 1.29 is 14.3 Å². The first kappa shape index (κ1) is 22.6. The minimum absolute atomic E-state index is 0.228. The number of aromatic nitrogens is 2. The van der Waals surface area contributed by atoms with Gasteiger partial charge in [0.15, 0.2) is 11.5 Å². The van der Waals surface area contributed by atoms with Gasteiger partial charge < -0.3 is 14.8 Å². The zero-order valence-corrected chi connectivity index (χ0v) is 19.9. The van der Waals surface area contributed by atoms with E-state index in [1.165, 1.54) is 4.70 Å². The fraction of sp³-hybridized carbons (Fsp3) is 0.107. The first-order chi connectivity index (χ1) is 17.2. The Morgan fingerprint density at radius 2 is 1.77 bits per heavy atom. The van der Waals surface area contributed by atoms with E-state index in [1.54, 1.807) is 42.8 Å². The number of ether oxygens (including phenoxy) is 2. The molecule has 7 heteroatoms. The summed E-state index contributed by atoms with van der Waals surface area (Å²) >= 11 is 1.70. The van der Waals surface area contributed by atoms with Crippen molar-refractivity contribution in [3.63, 3.8) is 0 Å². The van der Waals surface area contributed by atoms with Gasteiger partial charge >= 0.3 is 0 Å². The maximum atomic E-state index is 12.9. The minimum atomic E-state index is -0.228. The van der Waals surface area contributed by atoms with E-state index in [0.29, 0.717) is 17.1 Å². The molecule has 2 heterocycles. The van der Waals surface area contributed by atoms with Crippen LogP contribution in [0.5, 0.6) is 11.5 Å². The van der Waals surface area contributed by atoms with Crippen LogP contribution in [-0.4, -0.2) is 23.0 Å². The van der Waals surface area contributed by atoms with Gasteiger partial charge in [0.2, 0.25) is 0 Å². The molecule has 0 aliphatic heterocycles. The molecule has 35 heavy (non-hydrogen) atoms. The summed E-state index contributed by atoms with van der Waals surface area (Å²) in [5.41, 5.74) is 4.14. The summed E-state index contributed by atoms with van der Waals surface area (Å²) < 4.78 is 12.5. The van der Waals surface area contributed by atoms with Gasteiger partial charge in [0.25, 0.3) is 5.91 Å². The molecule has 5 rings (SSSR count). The average Bonchev–Trinajstić information content (AvgIpc) is 3.31. The van der Waals surface area contributed by atoms with Crippen molar-refractivity contribution in [3.05, 3.63) is 113 Å². The summed E-state index contributed by atoms with van der Waals surface area (Å²) in [4.78, 5) is 21.8. The zero-order valence-electron chi connectivity index (χ0n) is 19.1. The van der Waals surface area contributed by atoms with Crippen molar-refractivity contribution in [2.24, 2.45) is 0 Å². The number of hydrogen-bond donors (Lipinski definition) is 1. The normalized spacial score (nSPS) is 10.8. The first-order valence-electron chi connectivity index (χ1n) is 11.1. The maximum Gasteiger partial charge on any atom is 0.255 e. The number of nitrogens with one attached hydrogen (secondary N) is 1. The van der Waals surface area contributed by atoms with Gasteiger partial charge in [0.05, 0.1) is 28.0 Å². The summed E-state index contributed by atoms with van der Waals surface area (Å²) in [6.45, 7) is 0.276. The summed E-state index contributed by atoms with van der Waals surface area (Å²) in [6, 6.07) is 26.7. The number of methoxy groups -OCH3 is 1. The topological polar surface area (TPSA) is 73.3 Å². The molecule has 0 bridgehead atoms. The lowest BCUT2D eigenvalue weighted by Crippen LogP contribution is -2.12. The second-order valence-electron chi connectivity index (χ2n) is 7.88. The molecule has 1 amide bonds. The van der Waals surface area contributed by atoms with Gasteiger partial charge in [-0.05, 0) is 60.2 Å². The number of thiazole rings is 1. The Morgan fingerprint density at radius 3 is 2.54 bits per heavy atom. The predicted octanol–water partition coefficient (Wildman–Crippen LogP) is 6.12. The van der Waals surface area contributed by atoms with E-state index in [-0.39, 0.29) is 12.5 Å². The van der Waals surface area contributed by atoms with Gasteiger partial charge in [-0.1, -0.05) is 30.3 Å². The van der Waals surface area contributed by atoms with Crippen LogP contribution < -0.4 is 14.8 Å². The van der Waals surface area contributed by atoms with E-state index in [0.717, 1.165) is 33.9 Å². The van der Waals surface area contributed by atoms with Crippen LogP contribution in [0.2, 0.25) is 0 Å². The van der Waals surface area contributed by atoms with E-state index in [1.807, 2.05) is 60.7 Å². The molecule has 174 valence electrons. The third-order valence-electron chi connectivity index (χ3n) is 5.43. The largest absolute Gasteiger partial charge is 0.493 e. The van der Waals surface area contributed by atoms with Gasteiger partial charge in [-0.2, -0.15) is 0 Å². The lowest BCUT2D eigenvalue weighted by atomic mass is 10.1. The van der Waals surface area contributed by atoms with Crippen LogP contribution in [0.25, 0.3) is 10.2 Å². The minimum Gasteiger partial charge on any atom is -0.493 e. The molecule has 2 aromatic heterocycles. The van der Waals surface area contributed by atoms with E-state index >= 15 is 0 Å². The Labute approximate surface area is 207 Å². The Bertz CT molecular complexity index is 1420. The number of benzene rings is 3. The van der Waals surface area contributed by atoms with Gasteiger partial charge in [-0.15, -0.1) is 11.3 Å². The van der Waals surface area contributed by atoms with Crippen molar-refractivity contribution in [2.75, 3.05) is 12.4 Å². The first-order valence-corrected chi connectivity index (χ1v) is 11.9. The van der Waals surface area contributed by atoms with Crippen LogP contribution in [0.15, 0.2) is 91.1 Å². The van der Waals surface area contributed by atoms with Gasteiger partial charge in [0.1, 0.15) is 6.61 Å². The number of nitrogens with zero attached hydrogens (tertiary/aromatic N) is 2. The number of carbonyl (C=O) groups is 1. The fourth-order valence-electron chi connectivity index (χ4n) is 3.65. The molecule has 0 radical (unpaired) electrons. The summed E-state index contributed by atoms with van der Waals surface area (Å²) in [5.74, 6) is 0.808. The average molecular weight is 482 g/mol. The Hall–Kier alpha value is -4.23. The van der Waals surface area contributed by atoms with Gasteiger partial charge in [0, 0.05) is 23.9 Å². The highest BCUT2D eigenvalue weighted by molar-refractivity contribution is 7.18. The third-order valence-corrected chi connectivity index (χ3v) is 6.47. The van der Waals surface area contributed by atoms with Gasteiger partial charge in [-0.3, -0.25) is 9.78 Å². The Balaban J connectivity index is 1.24. The number of carbonyl (C=O) groups excluding carboxylic acids is 1. The van der Waals surface area contributed by atoms with E-state index in [4.69, 9.17) is 14.5 Å². The Kier molecular flexibility index (Phi) is 6.68. The number of pyridine rings is 1. The third kappa shape index (κ3) is 5.47. The van der Waals surface area contributed by atoms with Crippen molar-refractivity contribution >= 4 is 33.1 Å². The molecule has 0 atom stereocenters. The fourth-order valence-corrected chi connectivity index (χ4v) is 4.65. The highest BCUT2D eigenvalue weighted by Gasteiger charge is 2.13. The number of fused-ring (bicyclic) bond motifs is 1. The number of hydrogen-bond acceptors (Lipinski definition) is 6. The molecular weight excluding hydrogens is 458 g/mol. The second-order valence-corrected chi connectivity index (χ2v) is 8.99. The molecule has 0 saturated heterocycles. The molecule has 5 aromatic rings. The molecule has 0 unspecified atom stereocenters. The highest BCUT2D eigenvalue weighted by Crippen LogP contribution is 2.29. The predicted molar refractivity (Wildman–Crippen MR) is 138 cm³/mol. The molecule has 0 saturated carbocycles. The van der Waals surface area contributed by atoms with Crippen LogP contribution in [0.3, 0.4) is 0 Å². The summed E-state index contributed by atoms with van der Waals surface area (Å²) in [5, 5.41) is 4.02. The summed E-state index contributed by atoms with van der Waals surface area (Å²) in [6.07, 6.45) is 2.47. The number of para-hydroxylation sites is 1. The van der Waals surface area contributed by atoms with Crippen molar-refractivity contribution in [1.29, 1.82) is 0 Å². The van der Waals surface area contributed by atoms with E-state index in [2.05, 4.69) is 16.4 Å². The molecular formula is C28H23N3O3S. The molecule has 1 N–H and O–H groups in total. The molecule has 0 aliphatic rings. The molecule has 0 fully saturated rings. The lowest BCUT2D eigenvalue weighted by molar-refractivity contribution is 0.102.